The average molecular weight is 462 g/mol. The molecule has 0 radical (unpaired) electrons. The van der Waals surface area contributed by atoms with E-state index in [1.54, 1.807) is 29.2 Å². The topological polar surface area (TPSA) is 81.2 Å². The number of para-hydroxylation sites is 1. The number of ketones is 1. The minimum absolute atomic E-state index is 0.151. The van der Waals surface area contributed by atoms with E-state index in [1.165, 1.54) is 4.90 Å². The monoisotopic (exact) mass is 461 g/mol. The Balaban J connectivity index is 1.99. The van der Waals surface area contributed by atoms with Gasteiger partial charge in [-0.05, 0) is 46.5 Å². The predicted octanol–water partition coefficient (Wildman–Crippen LogP) is 3.28. The van der Waals surface area contributed by atoms with Crippen LogP contribution in [0, 0.1) is 6.92 Å². The Morgan fingerprint density at radius 2 is 1.68 bits per heavy atom. The van der Waals surface area contributed by atoms with Gasteiger partial charge in [-0.15, -0.1) is 0 Å². The van der Waals surface area contributed by atoms with Crippen LogP contribution >= 0.6 is 0 Å². The van der Waals surface area contributed by atoms with Crippen LogP contribution in [0.1, 0.15) is 36.5 Å². The van der Waals surface area contributed by atoms with E-state index in [0.29, 0.717) is 42.7 Å². The van der Waals surface area contributed by atoms with Crippen molar-refractivity contribution in [3.8, 4) is 0 Å². The van der Waals surface area contributed by atoms with Crippen LogP contribution in [0.25, 0.3) is 5.76 Å². The number of nitrogens with zero attached hydrogens (tertiary/aromatic N) is 3. The first-order valence-corrected chi connectivity index (χ1v) is 11.7. The number of amides is 2. The summed E-state index contributed by atoms with van der Waals surface area (Å²) in [6.45, 7) is 5.25. The number of carbonyl (C=O) groups is 3. The molecule has 0 bridgehead atoms. The summed E-state index contributed by atoms with van der Waals surface area (Å²) in [4.78, 5) is 46.1. The number of hydrogen-bond acceptors (Lipinski definition) is 5. The molecule has 178 valence electrons. The van der Waals surface area contributed by atoms with Gasteiger partial charge >= 0.3 is 0 Å². The van der Waals surface area contributed by atoms with Gasteiger partial charge < -0.3 is 19.8 Å². The van der Waals surface area contributed by atoms with Crippen LogP contribution < -0.4 is 4.90 Å². The number of carbonyl (C=O) groups excluding carboxylic acids is 3. The summed E-state index contributed by atoms with van der Waals surface area (Å²) < 4.78 is 0. The molecule has 2 amide bonds. The van der Waals surface area contributed by atoms with Crippen molar-refractivity contribution in [2.24, 2.45) is 0 Å². The van der Waals surface area contributed by atoms with Crippen molar-refractivity contribution in [1.82, 2.24) is 9.80 Å². The Labute approximate surface area is 200 Å². The summed E-state index contributed by atoms with van der Waals surface area (Å²) >= 11 is 0. The Hall–Kier alpha value is -3.45. The molecule has 2 aromatic rings. The summed E-state index contributed by atoms with van der Waals surface area (Å²) in [6, 6.07) is 14.3. The van der Waals surface area contributed by atoms with E-state index in [0.717, 1.165) is 5.56 Å². The normalized spacial score (nSPS) is 21.3. The third-order valence-corrected chi connectivity index (χ3v) is 6.57. The van der Waals surface area contributed by atoms with Crippen LogP contribution in [0.4, 0.5) is 5.69 Å². The van der Waals surface area contributed by atoms with Crippen LogP contribution in [0.2, 0.25) is 0 Å². The van der Waals surface area contributed by atoms with Crippen LogP contribution in [0.15, 0.2) is 54.1 Å². The van der Waals surface area contributed by atoms with Crippen molar-refractivity contribution in [1.29, 1.82) is 0 Å². The minimum Gasteiger partial charge on any atom is -0.507 e. The first-order valence-electron chi connectivity index (χ1n) is 11.7. The fourth-order valence-electron chi connectivity index (χ4n) is 5.01. The van der Waals surface area contributed by atoms with E-state index < -0.39 is 17.2 Å². The largest absolute Gasteiger partial charge is 0.507 e. The third-order valence-electron chi connectivity index (χ3n) is 6.57. The highest BCUT2D eigenvalue weighted by molar-refractivity contribution is 6.50. The minimum atomic E-state index is -1.68. The second kappa shape index (κ2) is 9.06. The van der Waals surface area contributed by atoms with Gasteiger partial charge in [-0.1, -0.05) is 55.0 Å². The number of rotatable bonds is 7. The Kier molecular flexibility index (Phi) is 6.32. The molecule has 1 fully saturated rings. The lowest BCUT2D eigenvalue weighted by atomic mass is 9.81. The molecule has 1 spiro atoms. The number of likely N-dealkylation sites (tertiary alicyclic amines) is 1. The van der Waals surface area contributed by atoms with Crippen LogP contribution in [-0.2, 0) is 19.9 Å². The second-order valence-electron chi connectivity index (χ2n) is 9.22. The average Bonchev–Trinajstić information content (AvgIpc) is 3.18. The first kappa shape index (κ1) is 23.7. The van der Waals surface area contributed by atoms with Gasteiger partial charge in [0.05, 0.1) is 11.3 Å². The lowest BCUT2D eigenvalue weighted by Gasteiger charge is -2.34. The molecule has 1 saturated heterocycles. The highest BCUT2D eigenvalue weighted by Gasteiger charge is 2.66. The van der Waals surface area contributed by atoms with Crippen molar-refractivity contribution < 1.29 is 19.5 Å². The van der Waals surface area contributed by atoms with E-state index >= 15 is 0 Å². The van der Waals surface area contributed by atoms with Crippen LogP contribution in [0.5, 0.6) is 0 Å². The highest BCUT2D eigenvalue weighted by atomic mass is 16.3. The fraction of sp³-hybridized carbons (Fsp3) is 0.370. The maximum absolute atomic E-state index is 14.2. The van der Waals surface area contributed by atoms with Gasteiger partial charge in [-0.25, -0.2) is 0 Å². The van der Waals surface area contributed by atoms with E-state index in [2.05, 4.69) is 0 Å². The zero-order chi connectivity index (χ0) is 24.6. The Morgan fingerprint density at radius 1 is 1.00 bits per heavy atom. The molecule has 7 heteroatoms. The Bertz CT molecular complexity index is 1170. The van der Waals surface area contributed by atoms with Gasteiger partial charge in [0, 0.05) is 24.2 Å². The predicted molar refractivity (Wildman–Crippen MR) is 131 cm³/mol. The smallest absolute Gasteiger partial charge is 0.296 e. The van der Waals surface area contributed by atoms with E-state index in [1.807, 2.05) is 57.1 Å². The zero-order valence-corrected chi connectivity index (χ0v) is 20.2. The van der Waals surface area contributed by atoms with Gasteiger partial charge in [0.25, 0.3) is 17.6 Å². The number of aryl methyl sites for hydroxylation is 1. The number of Topliss-reactive ketones (excluding diaryl/α,β-unsaturated/α-hetero) is 1. The Morgan fingerprint density at radius 3 is 2.32 bits per heavy atom. The quantitative estimate of drug-likeness (QED) is 0.389. The molecule has 0 aromatic heterocycles. The molecular formula is C27H31N3O4. The van der Waals surface area contributed by atoms with Gasteiger partial charge in [-0.2, -0.15) is 0 Å². The van der Waals surface area contributed by atoms with Crippen molar-refractivity contribution in [3.05, 3.63) is 70.8 Å². The first-order chi connectivity index (χ1) is 16.2. The number of anilines is 1. The summed E-state index contributed by atoms with van der Waals surface area (Å²) in [7, 11) is 3.86. The molecule has 2 aliphatic heterocycles. The molecule has 1 atom stereocenters. The summed E-state index contributed by atoms with van der Waals surface area (Å²) in [6.07, 6.45) is 1.29. The maximum Gasteiger partial charge on any atom is 0.296 e. The molecule has 7 nitrogen and oxygen atoms in total. The second-order valence-corrected chi connectivity index (χ2v) is 9.22. The van der Waals surface area contributed by atoms with Gasteiger partial charge in [-0.3, -0.25) is 14.4 Å². The lowest BCUT2D eigenvalue weighted by Crippen LogP contribution is -2.52. The SMILES string of the molecule is CCCN1C(=O)[C@@]2(C(=C(O)c3ccc(C)cc3)C(=O)C(=O)N2CCCN(C)C)c2ccccc21. The molecule has 0 unspecified atom stereocenters. The lowest BCUT2D eigenvalue weighted by molar-refractivity contribution is -0.143. The highest BCUT2D eigenvalue weighted by Crippen LogP contribution is 2.53. The van der Waals surface area contributed by atoms with Gasteiger partial charge in [0.1, 0.15) is 5.76 Å². The summed E-state index contributed by atoms with van der Waals surface area (Å²) in [5.41, 5.74) is 0.792. The van der Waals surface area contributed by atoms with E-state index in [9.17, 15) is 19.5 Å². The number of hydrogen-bond donors (Lipinski definition) is 1. The van der Waals surface area contributed by atoms with Crippen molar-refractivity contribution in [2.75, 3.05) is 38.6 Å². The summed E-state index contributed by atoms with van der Waals surface area (Å²) in [5, 5.41) is 11.4. The molecule has 34 heavy (non-hydrogen) atoms. The maximum atomic E-state index is 14.2. The number of fused-ring (bicyclic) bond motifs is 2. The van der Waals surface area contributed by atoms with Crippen molar-refractivity contribution in [3.63, 3.8) is 0 Å². The zero-order valence-electron chi connectivity index (χ0n) is 20.2. The third kappa shape index (κ3) is 3.51. The molecule has 0 aliphatic carbocycles. The fourth-order valence-corrected chi connectivity index (χ4v) is 5.01. The van der Waals surface area contributed by atoms with Crippen LogP contribution in [-0.4, -0.2) is 66.2 Å². The van der Waals surface area contributed by atoms with Crippen molar-refractivity contribution in [2.45, 2.75) is 32.2 Å². The summed E-state index contributed by atoms with van der Waals surface area (Å²) in [5.74, 6) is -2.28. The molecule has 4 rings (SSSR count). The number of aliphatic hydroxyl groups is 1. The van der Waals surface area contributed by atoms with E-state index in [4.69, 9.17) is 0 Å². The molecule has 2 heterocycles. The van der Waals surface area contributed by atoms with Gasteiger partial charge in [0.2, 0.25) is 0 Å². The van der Waals surface area contributed by atoms with Crippen LogP contribution in [0.3, 0.4) is 0 Å². The standard InChI is InChI=1S/C27H31N3O4/c1-5-15-29-21-10-7-6-9-20(21)27(26(29)34)22(23(31)19-13-11-18(2)12-14-19)24(32)25(33)30(27)17-8-16-28(3)4/h6-7,9-14,31H,5,8,15-17H2,1-4H3/t27-/m0/s1. The molecule has 2 aliphatic rings. The molecule has 1 N–H and O–H groups in total. The number of benzene rings is 2. The number of aliphatic hydroxyl groups excluding tert-OH is 1. The van der Waals surface area contributed by atoms with E-state index in [-0.39, 0.29) is 23.8 Å². The van der Waals surface area contributed by atoms with Crippen molar-refractivity contribution >= 4 is 29.0 Å². The van der Waals surface area contributed by atoms with Gasteiger partial charge in [0.15, 0.2) is 5.54 Å². The molecular weight excluding hydrogens is 430 g/mol. The molecule has 0 saturated carbocycles. The molecule has 2 aromatic carbocycles.